The van der Waals surface area contributed by atoms with Crippen molar-refractivity contribution in [3.63, 3.8) is 0 Å². The third-order valence-electron chi connectivity index (χ3n) is 4.86. The molecule has 0 aromatic rings. The SMILES string of the molecule is CC(C)C1CC(=O)N(CCN2CCN(C(C)C)CC2)C1=O. The molecule has 5 heteroatoms. The van der Waals surface area contributed by atoms with Gasteiger partial charge < -0.3 is 0 Å². The molecule has 2 amide bonds. The second-order valence-corrected chi connectivity index (χ2v) is 6.91. The van der Waals surface area contributed by atoms with Crippen LogP contribution < -0.4 is 0 Å². The molecule has 0 aromatic heterocycles. The largest absolute Gasteiger partial charge is 0.299 e. The highest BCUT2D eigenvalue weighted by molar-refractivity contribution is 6.03. The van der Waals surface area contributed by atoms with Crippen molar-refractivity contribution in [1.29, 1.82) is 0 Å². The normalized spacial score (nSPS) is 25.6. The van der Waals surface area contributed by atoms with Crippen molar-refractivity contribution in [2.24, 2.45) is 11.8 Å². The number of amides is 2. The summed E-state index contributed by atoms with van der Waals surface area (Å²) >= 11 is 0. The summed E-state index contributed by atoms with van der Waals surface area (Å²) < 4.78 is 0. The van der Waals surface area contributed by atoms with Crippen LogP contribution in [0.2, 0.25) is 0 Å². The van der Waals surface area contributed by atoms with E-state index in [1.807, 2.05) is 13.8 Å². The molecule has 2 heterocycles. The highest BCUT2D eigenvalue weighted by Crippen LogP contribution is 2.26. The fourth-order valence-electron chi connectivity index (χ4n) is 3.21. The first-order valence-corrected chi connectivity index (χ1v) is 8.20. The molecule has 2 aliphatic heterocycles. The number of rotatable bonds is 5. The van der Waals surface area contributed by atoms with Gasteiger partial charge in [-0.2, -0.15) is 0 Å². The first-order valence-electron chi connectivity index (χ1n) is 8.20. The van der Waals surface area contributed by atoms with Crippen molar-refractivity contribution in [3.05, 3.63) is 0 Å². The molecule has 0 aliphatic carbocycles. The Hall–Kier alpha value is -0.940. The first-order chi connectivity index (χ1) is 9.90. The summed E-state index contributed by atoms with van der Waals surface area (Å²) in [7, 11) is 0. The van der Waals surface area contributed by atoms with Crippen LogP contribution in [0.25, 0.3) is 0 Å². The molecular formula is C16H29N3O2. The van der Waals surface area contributed by atoms with Gasteiger partial charge in [0.25, 0.3) is 0 Å². The third-order valence-corrected chi connectivity index (χ3v) is 4.86. The first kappa shape index (κ1) is 16.4. The lowest BCUT2D eigenvalue weighted by atomic mass is 9.94. The van der Waals surface area contributed by atoms with Gasteiger partial charge in [0, 0.05) is 57.6 Å². The molecule has 21 heavy (non-hydrogen) atoms. The Balaban J connectivity index is 1.79. The van der Waals surface area contributed by atoms with Gasteiger partial charge in [-0.3, -0.25) is 24.3 Å². The van der Waals surface area contributed by atoms with Crippen molar-refractivity contribution >= 4 is 11.8 Å². The predicted molar refractivity (Wildman–Crippen MR) is 82.8 cm³/mol. The molecule has 0 bridgehead atoms. The number of piperazine rings is 1. The van der Waals surface area contributed by atoms with Gasteiger partial charge in [0.05, 0.1) is 0 Å². The predicted octanol–water partition coefficient (Wildman–Crippen LogP) is 1.04. The second-order valence-electron chi connectivity index (χ2n) is 6.91. The van der Waals surface area contributed by atoms with Crippen molar-refractivity contribution in [2.45, 2.75) is 40.2 Å². The van der Waals surface area contributed by atoms with Crippen LogP contribution in [0.15, 0.2) is 0 Å². The topological polar surface area (TPSA) is 43.9 Å². The van der Waals surface area contributed by atoms with Gasteiger partial charge in [-0.15, -0.1) is 0 Å². The minimum atomic E-state index is -0.102. The lowest BCUT2D eigenvalue weighted by Crippen LogP contribution is -2.50. The van der Waals surface area contributed by atoms with Crippen LogP contribution in [0, 0.1) is 11.8 Å². The quantitative estimate of drug-likeness (QED) is 0.711. The van der Waals surface area contributed by atoms with Crippen molar-refractivity contribution in [3.8, 4) is 0 Å². The van der Waals surface area contributed by atoms with Crippen LogP contribution in [0.4, 0.5) is 0 Å². The number of hydrogen-bond acceptors (Lipinski definition) is 4. The average molecular weight is 295 g/mol. The van der Waals surface area contributed by atoms with E-state index < -0.39 is 0 Å². The highest BCUT2D eigenvalue weighted by Gasteiger charge is 2.39. The molecule has 0 spiro atoms. The fraction of sp³-hybridized carbons (Fsp3) is 0.875. The Labute approximate surface area is 128 Å². The Bertz CT molecular complexity index is 387. The maximum Gasteiger partial charge on any atom is 0.233 e. The summed E-state index contributed by atoms with van der Waals surface area (Å²) in [5, 5.41) is 0. The van der Waals surface area contributed by atoms with Crippen LogP contribution in [-0.4, -0.2) is 71.8 Å². The number of nitrogens with zero attached hydrogens (tertiary/aromatic N) is 3. The van der Waals surface area contributed by atoms with Gasteiger partial charge in [-0.25, -0.2) is 0 Å². The zero-order valence-corrected chi connectivity index (χ0v) is 13.8. The van der Waals surface area contributed by atoms with Gasteiger partial charge in [-0.1, -0.05) is 13.8 Å². The van der Waals surface area contributed by atoms with E-state index in [0.717, 1.165) is 32.7 Å². The smallest absolute Gasteiger partial charge is 0.233 e. The number of imide groups is 1. The monoisotopic (exact) mass is 295 g/mol. The molecule has 2 saturated heterocycles. The molecule has 120 valence electrons. The minimum Gasteiger partial charge on any atom is -0.299 e. The van der Waals surface area contributed by atoms with Gasteiger partial charge in [0.2, 0.25) is 11.8 Å². The van der Waals surface area contributed by atoms with Gasteiger partial charge >= 0.3 is 0 Å². The molecule has 0 radical (unpaired) electrons. The maximum absolute atomic E-state index is 12.2. The average Bonchev–Trinajstić information content (AvgIpc) is 2.72. The van der Waals surface area contributed by atoms with Gasteiger partial charge in [0.15, 0.2) is 0 Å². The van der Waals surface area contributed by atoms with E-state index >= 15 is 0 Å². The van der Waals surface area contributed by atoms with E-state index in [1.165, 1.54) is 4.90 Å². The Morgan fingerprint density at radius 1 is 1.00 bits per heavy atom. The summed E-state index contributed by atoms with van der Waals surface area (Å²) in [6.45, 7) is 14.1. The molecule has 2 rings (SSSR count). The molecule has 5 nitrogen and oxygen atoms in total. The maximum atomic E-state index is 12.2. The van der Waals surface area contributed by atoms with E-state index in [1.54, 1.807) is 0 Å². The fourth-order valence-corrected chi connectivity index (χ4v) is 3.21. The van der Waals surface area contributed by atoms with E-state index in [2.05, 4.69) is 23.6 Å². The Morgan fingerprint density at radius 2 is 1.62 bits per heavy atom. The van der Waals surface area contributed by atoms with Crippen LogP contribution in [0.5, 0.6) is 0 Å². The third kappa shape index (κ3) is 3.83. The standard InChI is InChI=1S/C16H29N3O2/c1-12(2)14-11-15(20)19(16(14)21)10-7-17-5-8-18(9-6-17)13(3)4/h12-14H,5-11H2,1-4H3. The lowest BCUT2D eigenvalue weighted by Gasteiger charge is -2.37. The molecule has 0 aromatic carbocycles. The second kappa shape index (κ2) is 6.88. The molecule has 0 N–H and O–H groups in total. The zero-order valence-electron chi connectivity index (χ0n) is 13.8. The van der Waals surface area contributed by atoms with Crippen molar-refractivity contribution in [2.75, 3.05) is 39.3 Å². The number of carbonyl (C=O) groups excluding carboxylic acids is 2. The number of hydrogen-bond donors (Lipinski definition) is 0. The summed E-state index contributed by atoms with van der Waals surface area (Å²) in [5.41, 5.74) is 0. The number of carbonyl (C=O) groups is 2. The minimum absolute atomic E-state index is 0.0134. The molecule has 1 atom stereocenters. The summed E-state index contributed by atoms with van der Waals surface area (Å²) in [6.07, 6.45) is 0.400. The van der Waals surface area contributed by atoms with E-state index in [0.29, 0.717) is 19.0 Å². The van der Waals surface area contributed by atoms with E-state index in [9.17, 15) is 9.59 Å². The molecule has 2 fully saturated rings. The summed E-state index contributed by atoms with van der Waals surface area (Å²) in [4.78, 5) is 30.6. The van der Waals surface area contributed by atoms with E-state index in [4.69, 9.17) is 0 Å². The van der Waals surface area contributed by atoms with Gasteiger partial charge in [-0.05, 0) is 19.8 Å². The van der Waals surface area contributed by atoms with Crippen LogP contribution in [0.3, 0.4) is 0 Å². The Morgan fingerprint density at radius 3 is 2.10 bits per heavy atom. The highest BCUT2D eigenvalue weighted by atomic mass is 16.2. The van der Waals surface area contributed by atoms with E-state index in [-0.39, 0.29) is 23.7 Å². The number of likely N-dealkylation sites (tertiary alicyclic amines) is 1. The molecule has 0 saturated carbocycles. The van der Waals surface area contributed by atoms with Crippen molar-refractivity contribution in [1.82, 2.24) is 14.7 Å². The van der Waals surface area contributed by atoms with Gasteiger partial charge in [0.1, 0.15) is 0 Å². The van der Waals surface area contributed by atoms with Crippen LogP contribution >= 0.6 is 0 Å². The zero-order chi connectivity index (χ0) is 15.6. The Kier molecular flexibility index (Phi) is 5.38. The van der Waals surface area contributed by atoms with Crippen LogP contribution in [-0.2, 0) is 9.59 Å². The van der Waals surface area contributed by atoms with Crippen LogP contribution in [0.1, 0.15) is 34.1 Å². The molecule has 1 unspecified atom stereocenters. The lowest BCUT2D eigenvalue weighted by molar-refractivity contribution is -0.140. The molecule has 2 aliphatic rings. The summed E-state index contributed by atoms with van der Waals surface area (Å²) in [5.74, 6) is 0.201. The van der Waals surface area contributed by atoms with Crippen molar-refractivity contribution < 1.29 is 9.59 Å². The molecular weight excluding hydrogens is 266 g/mol. The summed E-state index contributed by atoms with van der Waals surface area (Å²) in [6, 6.07) is 0.598.